The Hall–Kier alpha value is -0.820. The van der Waals surface area contributed by atoms with Crippen LogP contribution in [0.4, 0.5) is 18.3 Å². The topological polar surface area (TPSA) is 36.4 Å². The standard InChI is InChI=1S/C14H21F3N2OS/c1-13(2,3)11-10(8-20)21-12(18-11)19-6-4-9(5-7-19)14(15,16)17/h9,20H,4-8H2,1-3H3. The summed E-state index contributed by atoms with van der Waals surface area (Å²) in [7, 11) is 0. The molecule has 7 heteroatoms. The third-order valence-corrected chi connectivity index (χ3v) is 4.87. The van der Waals surface area contributed by atoms with Crippen molar-refractivity contribution >= 4 is 16.5 Å². The molecule has 0 spiro atoms. The second-order valence-corrected chi connectivity index (χ2v) is 7.54. The Morgan fingerprint density at radius 3 is 2.19 bits per heavy atom. The maximum atomic E-state index is 12.7. The van der Waals surface area contributed by atoms with Crippen LogP contribution in [0.2, 0.25) is 0 Å². The summed E-state index contributed by atoms with van der Waals surface area (Å²) in [4.78, 5) is 7.27. The molecule has 3 nitrogen and oxygen atoms in total. The average Bonchev–Trinajstić information content (AvgIpc) is 2.82. The number of aliphatic hydroxyl groups excluding tert-OH is 1. The number of rotatable bonds is 2. The molecule has 1 N–H and O–H groups in total. The van der Waals surface area contributed by atoms with Crippen LogP contribution in [-0.4, -0.2) is 29.4 Å². The maximum absolute atomic E-state index is 12.7. The Morgan fingerprint density at radius 2 is 1.81 bits per heavy atom. The number of aliphatic hydroxyl groups is 1. The van der Waals surface area contributed by atoms with Gasteiger partial charge in [-0.05, 0) is 12.8 Å². The third kappa shape index (κ3) is 3.69. The Labute approximate surface area is 126 Å². The van der Waals surface area contributed by atoms with Crippen LogP contribution in [0.25, 0.3) is 0 Å². The van der Waals surface area contributed by atoms with Crippen LogP contribution >= 0.6 is 11.3 Å². The van der Waals surface area contributed by atoms with E-state index in [1.165, 1.54) is 11.3 Å². The Kier molecular flexibility index (Phi) is 4.54. The van der Waals surface area contributed by atoms with E-state index in [0.717, 1.165) is 15.7 Å². The van der Waals surface area contributed by atoms with E-state index in [2.05, 4.69) is 4.98 Å². The van der Waals surface area contributed by atoms with E-state index in [0.29, 0.717) is 13.1 Å². The minimum Gasteiger partial charge on any atom is -0.391 e. The highest BCUT2D eigenvalue weighted by molar-refractivity contribution is 7.15. The largest absolute Gasteiger partial charge is 0.391 e. The molecular weight excluding hydrogens is 301 g/mol. The average molecular weight is 322 g/mol. The van der Waals surface area contributed by atoms with Gasteiger partial charge in [0, 0.05) is 18.5 Å². The van der Waals surface area contributed by atoms with Gasteiger partial charge in [-0.3, -0.25) is 0 Å². The van der Waals surface area contributed by atoms with Gasteiger partial charge in [0.25, 0.3) is 0 Å². The summed E-state index contributed by atoms with van der Waals surface area (Å²) < 4.78 is 38.1. The van der Waals surface area contributed by atoms with Gasteiger partial charge in [0.2, 0.25) is 0 Å². The van der Waals surface area contributed by atoms with Crippen molar-refractivity contribution in [1.29, 1.82) is 0 Å². The van der Waals surface area contributed by atoms with Crippen molar-refractivity contribution in [2.45, 2.75) is 51.8 Å². The van der Waals surface area contributed by atoms with Crippen LogP contribution in [0, 0.1) is 5.92 Å². The second-order valence-electron chi connectivity index (χ2n) is 6.48. The van der Waals surface area contributed by atoms with Crippen LogP contribution in [0.5, 0.6) is 0 Å². The predicted molar refractivity (Wildman–Crippen MR) is 77.7 cm³/mol. The van der Waals surface area contributed by atoms with Gasteiger partial charge < -0.3 is 10.0 Å². The smallest absolute Gasteiger partial charge is 0.391 e. The predicted octanol–water partition coefficient (Wildman–Crippen LogP) is 3.71. The van der Waals surface area contributed by atoms with Crippen molar-refractivity contribution < 1.29 is 18.3 Å². The SMILES string of the molecule is CC(C)(C)c1nc(N2CCC(C(F)(F)F)CC2)sc1CO. The molecule has 0 atom stereocenters. The lowest BCUT2D eigenvalue weighted by atomic mass is 9.91. The van der Waals surface area contributed by atoms with Crippen LogP contribution in [0.15, 0.2) is 0 Å². The van der Waals surface area contributed by atoms with Crippen LogP contribution in [-0.2, 0) is 12.0 Å². The van der Waals surface area contributed by atoms with Gasteiger partial charge in [-0.25, -0.2) is 4.98 Å². The highest BCUT2D eigenvalue weighted by atomic mass is 32.1. The monoisotopic (exact) mass is 322 g/mol. The maximum Gasteiger partial charge on any atom is 0.391 e. The van der Waals surface area contributed by atoms with Crippen molar-refractivity contribution in [1.82, 2.24) is 4.98 Å². The van der Waals surface area contributed by atoms with Crippen molar-refractivity contribution in [3.8, 4) is 0 Å². The van der Waals surface area contributed by atoms with E-state index in [1.54, 1.807) is 0 Å². The number of aromatic nitrogens is 1. The van der Waals surface area contributed by atoms with E-state index in [-0.39, 0.29) is 24.9 Å². The van der Waals surface area contributed by atoms with Gasteiger partial charge in [-0.15, -0.1) is 0 Å². The van der Waals surface area contributed by atoms with Gasteiger partial charge in [-0.1, -0.05) is 32.1 Å². The first-order chi connectivity index (χ1) is 9.63. The fourth-order valence-electron chi connectivity index (χ4n) is 2.57. The highest BCUT2D eigenvalue weighted by Gasteiger charge is 2.41. The molecule has 2 rings (SSSR count). The van der Waals surface area contributed by atoms with E-state index in [1.807, 2.05) is 25.7 Å². The zero-order valence-corrected chi connectivity index (χ0v) is 13.3. The summed E-state index contributed by atoms with van der Waals surface area (Å²) >= 11 is 1.39. The van der Waals surface area contributed by atoms with Crippen molar-refractivity contribution in [2.75, 3.05) is 18.0 Å². The molecule has 2 heterocycles. The van der Waals surface area contributed by atoms with E-state index < -0.39 is 12.1 Å². The lowest BCUT2D eigenvalue weighted by Gasteiger charge is -2.32. The number of nitrogens with zero attached hydrogens (tertiary/aromatic N) is 2. The third-order valence-electron chi connectivity index (χ3n) is 3.77. The Morgan fingerprint density at radius 1 is 1.24 bits per heavy atom. The zero-order chi connectivity index (χ0) is 15.8. The van der Waals surface area contributed by atoms with Gasteiger partial charge in [0.05, 0.1) is 23.1 Å². The van der Waals surface area contributed by atoms with Crippen molar-refractivity contribution in [3.63, 3.8) is 0 Å². The van der Waals surface area contributed by atoms with Crippen LogP contribution in [0.3, 0.4) is 0 Å². The number of piperidine rings is 1. The van der Waals surface area contributed by atoms with E-state index in [4.69, 9.17) is 0 Å². The number of halogens is 3. The summed E-state index contributed by atoms with van der Waals surface area (Å²) in [5, 5.41) is 10.2. The van der Waals surface area contributed by atoms with Crippen molar-refractivity contribution in [2.24, 2.45) is 5.92 Å². The molecule has 1 aromatic heterocycles. The Balaban J connectivity index is 2.13. The normalized spacial score (nSPS) is 18.3. The number of anilines is 1. The van der Waals surface area contributed by atoms with Crippen LogP contribution in [0.1, 0.15) is 44.2 Å². The molecular formula is C14H21F3N2OS. The summed E-state index contributed by atoms with van der Waals surface area (Å²) in [6.45, 7) is 6.70. The number of thiazole rings is 1. The molecule has 0 amide bonds. The molecule has 0 unspecified atom stereocenters. The molecule has 0 aliphatic carbocycles. The fourth-order valence-corrected chi connectivity index (χ4v) is 3.75. The first-order valence-electron chi connectivity index (χ1n) is 7.05. The first-order valence-corrected chi connectivity index (χ1v) is 7.87. The summed E-state index contributed by atoms with van der Waals surface area (Å²) in [6.07, 6.45) is -3.87. The number of alkyl halides is 3. The minimum absolute atomic E-state index is 0.0801. The second kappa shape index (κ2) is 5.76. The highest BCUT2D eigenvalue weighted by Crippen LogP contribution is 2.38. The Bertz CT molecular complexity index is 485. The minimum atomic E-state index is -4.10. The lowest BCUT2D eigenvalue weighted by molar-refractivity contribution is -0.179. The molecule has 120 valence electrons. The summed E-state index contributed by atoms with van der Waals surface area (Å²) in [6, 6.07) is 0. The number of hydrogen-bond acceptors (Lipinski definition) is 4. The van der Waals surface area contributed by atoms with E-state index >= 15 is 0 Å². The quantitative estimate of drug-likeness (QED) is 0.902. The number of hydrogen-bond donors (Lipinski definition) is 1. The molecule has 0 aromatic carbocycles. The summed E-state index contributed by atoms with van der Waals surface area (Å²) in [5.74, 6) is -1.20. The molecule has 1 saturated heterocycles. The van der Waals surface area contributed by atoms with Crippen LogP contribution < -0.4 is 4.90 Å². The molecule has 0 bridgehead atoms. The molecule has 21 heavy (non-hydrogen) atoms. The summed E-state index contributed by atoms with van der Waals surface area (Å²) in [5.41, 5.74) is 0.653. The van der Waals surface area contributed by atoms with Gasteiger partial charge in [-0.2, -0.15) is 13.2 Å². The molecule has 1 aromatic rings. The fraction of sp³-hybridized carbons (Fsp3) is 0.786. The van der Waals surface area contributed by atoms with Crippen molar-refractivity contribution in [3.05, 3.63) is 10.6 Å². The molecule has 1 aliphatic heterocycles. The van der Waals surface area contributed by atoms with Gasteiger partial charge in [0.15, 0.2) is 5.13 Å². The lowest BCUT2D eigenvalue weighted by Crippen LogP contribution is -2.39. The first kappa shape index (κ1) is 16.5. The molecule has 0 saturated carbocycles. The van der Waals surface area contributed by atoms with Gasteiger partial charge >= 0.3 is 6.18 Å². The molecule has 0 radical (unpaired) electrons. The molecule has 1 fully saturated rings. The zero-order valence-electron chi connectivity index (χ0n) is 12.5. The van der Waals surface area contributed by atoms with E-state index in [9.17, 15) is 18.3 Å². The molecule has 1 aliphatic rings. The van der Waals surface area contributed by atoms with Gasteiger partial charge in [0.1, 0.15) is 0 Å².